The molecule has 0 spiro atoms. The van der Waals surface area contributed by atoms with E-state index in [1.54, 1.807) is 0 Å². The number of carbonyl (C=O) groups excluding carboxylic acids is 1. The van der Waals surface area contributed by atoms with Crippen LogP contribution in [0.25, 0.3) is 0 Å². The van der Waals surface area contributed by atoms with Crippen molar-refractivity contribution in [3.63, 3.8) is 0 Å². The molecule has 2 aromatic rings. The number of amides is 1. The zero-order valence-corrected chi connectivity index (χ0v) is 12.5. The largest absolute Gasteiger partial charge is 0.394 e. The fourth-order valence-corrected chi connectivity index (χ4v) is 2.39. The minimum atomic E-state index is -0.277. The summed E-state index contributed by atoms with van der Waals surface area (Å²) in [5.74, 6) is -0.137. The second-order valence-electron chi connectivity index (χ2n) is 5.36. The van der Waals surface area contributed by atoms with E-state index in [0.29, 0.717) is 12.0 Å². The van der Waals surface area contributed by atoms with Crippen LogP contribution in [0, 0.1) is 13.8 Å². The van der Waals surface area contributed by atoms with Crippen molar-refractivity contribution in [2.24, 2.45) is 0 Å². The first kappa shape index (κ1) is 15.3. The average molecular weight is 283 g/mol. The molecular formula is C18H21NO2. The third-order valence-corrected chi connectivity index (χ3v) is 3.51. The van der Waals surface area contributed by atoms with Gasteiger partial charge in [-0.25, -0.2) is 0 Å². The number of carbonyl (C=O) groups is 1. The highest BCUT2D eigenvalue weighted by Crippen LogP contribution is 2.11. The third-order valence-electron chi connectivity index (χ3n) is 3.51. The van der Waals surface area contributed by atoms with Crippen molar-refractivity contribution < 1.29 is 9.90 Å². The second-order valence-corrected chi connectivity index (χ2v) is 5.36. The Hall–Kier alpha value is -2.13. The van der Waals surface area contributed by atoms with E-state index in [4.69, 9.17) is 0 Å². The molecule has 2 aromatic carbocycles. The predicted molar refractivity (Wildman–Crippen MR) is 84.4 cm³/mol. The number of aryl methyl sites for hydroxylation is 2. The lowest BCUT2D eigenvalue weighted by atomic mass is 10.0. The molecule has 110 valence electrons. The van der Waals surface area contributed by atoms with E-state index < -0.39 is 0 Å². The van der Waals surface area contributed by atoms with Gasteiger partial charge < -0.3 is 10.4 Å². The van der Waals surface area contributed by atoms with Gasteiger partial charge in [0, 0.05) is 5.56 Å². The van der Waals surface area contributed by atoms with Gasteiger partial charge in [0.25, 0.3) is 5.91 Å². The normalized spacial score (nSPS) is 12.0. The lowest BCUT2D eigenvalue weighted by Gasteiger charge is -2.17. The lowest BCUT2D eigenvalue weighted by molar-refractivity contribution is 0.0916. The molecule has 21 heavy (non-hydrogen) atoms. The lowest BCUT2D eigenvalue weighted by Crippen LogP contribution is -2.39. The van der Waals surface area contributed by atoms with Gasteiger partial charge in [-0.15, -0.1) is 0 Å². The summed E-state index contributed by atoms with van der Waals surface area (Å²) < 4.78 is 0. The highest BCUT2D eigenvalue weighted by atomic mass is 16.3. The Labute approximate surface area is 125 Å². The molecule has 0 aromatic heterocycles. The third kappa shape index (κ3) is 4.17. The first-order valence-corrected chi connectivity index (χ1v) is 7.13. The molecule has 0 aliphatic carbocycles. The molecule has 0 bridgehead atoms. The predicted octanol–water partition coefficient (Wildman–Crippen LogP) is 2.64. The highest BCUT2D eigenvalue weighted by molar-refractivity contribution is 5.95. The summed E-state index contributed by atoms with van der Waals surface area (Å²) in [4.78, 5) is 12.3. The summed E-state index contributed by atoms with van der Waals surface area (Å²) in [5, 5.41) is 12.4. The van der Waals surface area contributed by atoms with Crippen LogP contribution in [0.3, 0.4) is 0 Å². The van der Waals surface area contributed by atoms with Gasteiger partial charge in [0.1, 0.15) is 0 Å². The Bertz CT molecular complexity index is 608. The van der Waals surface area contributed by atoms with Crippen molar-refractivity contribution >= 4 is 5.91 Å². The Morgan fingerprint density at radius 1 is 1.14 bits per heavy atom. The number of hydrogen-bond acceptors (Lipinski definition) is 2. The molecule has 0 fully saturated rings. The van der Waals surface area contributed by atoms with E-state index in [2.05, 4.69) is 5.32 Å². The molecule has 2 N–H and O–H groups in total. The van der Waals surface area contributed by atoms with Crippen molar-refractivity contribution in [3.8, 4) is 0 Å². The molecule has 0 heterocycles. The van der Waals surface area contributed by atoms with Gasteiger partial charge in [-0.1, -0.05) is 48.0 Å². The summed E-state index contributed by atoms with van der Waals surface area (Å²) in [6.07, 6.45) is 0.619. The summed E-state index contributed by atoms with van der Waals surface area (Å²) in [5.41, 5.74) is 3.83. The molecule has 0 saturated carbocycles. The molecule has 0 saturated heterocycles. The maximum absolute atomic E-state index is 12.3. The Balaban J connectivity index is 2.06. The Morgan fingerprint density at radius 3 is 2.48 bits per heavy atom. The maximum Gasteiger partial charge on any atom is 0.251 e. The summed E-state index contributed by atoms with van der Waals surface area (Å²) in [6, 6.07) is 15.3. The number of aliphatic hydroxyl groups is 1. The smallest absolute Gasteiger partial charge is 0.251 e. The zero-order chi connectivity index (χ0) is 15.2. The van der Waals surface area contributed by atoms with Gasteiger partial charge in [0.2, 0.25) is 0 Å². The van der Waals surface area contributed by atoms with Gasteiger partial charge >= 0.3 is 0 Å². The van der Waals surface area contributed by atoms with Gasteiger partial charge in [-0.3, -0.25) is 4.79 Å². The van der Waals surface area contributed by atoms with Crippen LogP contribution in [0.2, 0.25) is 0 Å². The van der Waals surface area contributed by atoms with E-state index in [9.17, 15) is 9.90 Å². The minimum Gasteiger partial charge on any atom is -0.394 e. The van der Waals surface area contributed by atoms with Gasteiger partial charge in [0.05, 0.1) is 12.6 Å². The van der Waals surface area contributed by atoms with Crippen LogP contribution in [-0.4, -0.2) is 23.7 Å². The van der Waals surface area contributed by atoms with Crippen LogP contribution in [-0.2, 0) is 6.42 Å². The Morgan fingerprint density at radius 2 is 1.86 bits per heavy atom. The van der Waals surface area contributed by atoms with Gasteiger partial charge in [0.15, 0.2) is 0 Å². The number of rotatable bonds is 5. The molecule has 3 heteroatoms. The van der Waals surface area contributed by atoms with Crippen LogP contribution in [0.15, 0.2) is 48.5 Å². The first-order chi connectivity index (χ1) is 10.1. The quantitative estimate of drug-likeness (QED) is 0.886. The van der Waals surface area contributed by atoms with Crippen LogP contribution in [0.1, 0.15) is 27.0 Å². The highest BCUT2D eigenvalue weighted by Gasteiger charge is 2.15. The van der Waals surface area contributed by atoms with Crippen molar-refractivity contribution in [2.75, 3.05) is 6.61 Å². The fourth-order valence-electron chi connectivity index (χ4n) is 2.39. The van der Waals surface area contributed by atoms with Gasteiger partial charge in [-0.05, 0) is 37.5 Å². The molecule has 0 aliphatic rings. The fraction of sp³-hybridized carbons (Fsp3) is 0.278. The van der Waals surface area contributed by atoms with E-state index in [1.807, 2.05) is 62.4 Å². The zero-order valence-electron chi connectivity index (χ0n) is 12.5. The van der Waals surface area contributed by atoms with E-state index in [0.717, 1.165) is 16.7 Å². The summed E-state index contributed by atoms with van der Waals surface area (Å²) >= 11 is 0. The molecule has 0 radical (unpaired) electrons. The molecule has 3 nitrogen and oxygen atoms in total. The minimum absolute atomic E-state index is 0.0778. The topological polar surface area (TPSA) is 49.3 Å². The van der Waals surface area contributed by atoms with Crippen LogP contribution in [0.4, 0.5) is 0 Å². The van der Waals surface area contributed by atoms with Crippen molar-refractivity contribution in [3.05, 3.63) is 70.8 Å². The van der Waals surface area contributed by atoms with Crippen molar-refractivity contribution in [1.29, 1.82) is 0 Å². The molecule has 1 atom stereocenters. The van der Waals surface area contributed by atoms with E-state index in [1.165, 1.54) is 0 Å². The Kier molecular flexibility index (Phi) is 5.12. The second kappa shape index (κ2) is 7.04. The molecule has 0 unspecified atom stereocenters. The standard InChI is InChI=1S/C18H21NO2/c1-13-8-9-17(14(2)10-13)18(21)19-16(12-20)11-15-6-4-3-5-7-15/h3-10,16,20H,11-12H2,1-2H3,(H,19,21)/t16-/m1/s1. The number of hydrogen-bond donors (Lipinski definition) is 2. The van der Waals surface area contributed by atoms with Crippen LogP contribution in [0.5, 0.6) is 0 Å². The van der Waals surface area contributed by atoms with E-state index >= 15 is 0 Å². The molecule has 0 aliphatic heterocycles. The first-order valence-electron chi connectivity index (χ1n) is 7.13. The molecule has 2 rings (SSSR count). The van der Waals surface area contributed by atoms with E-state index in [-0.39, 0.29) is 18.6 Å². The summed E-state index contributed by atoms with van der Waals surface area (Å²) in [6.45, 7) is 3.85. The molecule has 1 amide bonds. The number of benzene rings is 2. The number of nitrogens with one attached hydrogen (secondary N) is 1. The molecular weight excluding hydrogens is 262 g/mol. The maximum atomic E-state index is 12.3. The van der Waals surface area contributed by atoms with Crippen molar-refractivity contribution in [2.45, 2.75) is 26.3 Å². The van der Waals surface area contributed by atoms with Crippen LogP contribution < -0.4 is 5.32 Å². The van der Waals surface area contributed by atoms with Gasteiger partial charge in [-0.2, -0.15) is 0 Å². The van der Waals surface area contributed by atoms with Crippen LogP contribution >= 0.6 is 0 Å². The number of aliphatic hydroxyl groups excluding tert-OH is 1. The SMILES string of the molecule is Cc1ccc(C(=O)N[C@@H](CO)Cc2ccccc2)c(C)c1. The monoisotopic (exact) mass is 283 g/mol. The average Bonchev–Trinajstić information content (AvgIpc) is 2.47. The van der Waals surface area contributed by atoms with Crippen molar-refractivity contribution in [1.82, 2.24) is 5.32 Å². The summed E-state index contributed by atoms with van der Waals surface area (Å²) in [7, 11) is 0.